The molecule has 0 bridgehead atoms. The lowest BCUT2D eigenvalue weighted by atomic mass is 9.44. The normalized spacial score (nSPS) is 46.3. The number of carbonyl (C=O) groups is 2. The van der Waals surface area contributed by atoms with Crippen molar-refractivity contribution in [2.75, 3.05) is 0 Å². The number of ether oxygens (including phenoxy) is 1. The molecule has 4 nitrogen and oxygen atoms in total. The second kappa shape index (κ2) is 8.13. The van der Waals surface area contributed by atoms with E-state index < -0.39 is 5.97 Å². The Hall–Kier alpha value is -1.06. The second-order valence-corrected chi connectivity index (χ2v) is 11.8. The van der Waals surface area contributed by atoms with Gasteiger partial charge in [0.05, 0.1) is 0 Å². The summed E-state index contributed by atoms with van der Waals surface area (Å²) >= 11 is 0. The lowest BCUT2D eigenvalue weighted by Crippen LogP contribution is -2.54. The van der Waals surface area contributed by atoms with Gasteiger partial charge < -0.3 is 9.84 Å². The topological polar surface area (TPSA) is 63.6 Å². The largest absolute Gasteiger partial charge is 0.481 e. The van der Waals surface area contributed by atoms with E-state index in [1.807, 2.05) is 0 Å². The molecule has 0 heterocycles. The van der Waals surface area contributed by atoms with Crippen molar-refractivity contribution in [1.29, 1.82) is 0 Å². The summed E-state index contributed by atoms with van der Waals surface area (Å²) in [6.07, 6.45) is 12.5. The summed E-state index contributed by atoms with van der Waals surface area (Å²) in [7, 11) is 0. The zero-order chi connectivity index (χ0) is 21.7. The Labute approximate surface area is 182 Å². The maximum atomic E-state index is 11.5. The monoisotopic (exact) mass is 418 g/mol. The van der Waals surface area contributed by atoms with E-state index in [4.69, 9.17) is 9.84 Å². The molecule has 0 amide bonds. The Morgan fingerprint density at radius 2 is 1.70 bits per heavy atom. The van der Waals surface area contributed by atoms with Gasteiger partial charge in [-0.05, 0) is 111 Å². The molecular weight excluding hydrogens is 376 g/mol. The SMILES string of the molecule is CC(=O)O[C@H]1CC[C@@]2(C)[C@@H](CC[C@H]3[C@H]2CC[C@@]2(C)[C@@H]3CC[C@H]2[C@H](C)CCC(=O)O)C1. The molecule has 4 heteroatoms. The van der Waals surface area contributed by atoms with Crippen molar-refractivity contribution in [2.24, 2.45) is 46.3 Å². The number of hydrogen-bond donors (Lipinski definition) is 1. The molecule has 4 aliphatic rings. The molecule has 4 fully saturated rings. The highest BCUT2D eigenvalue weighted by Crippen LogP contribution is 2.68. The minimum Gasteiger partial charge on any atom is -0.481 e. The van der Waals surface area contributed by atoms with Crippen LogP contribution in [-0.4, -0.2) is 23.1 Å². The van der Waals surface area contributed by atoms with Crippen molar-refractivity contribution in [1.82, 2.24) is 0 Å². The molecule has 0 radical (unpaired) electrons. The van der Waals surface area contributed by atoms with E-state index in [1.165, 1.54) is 44.9 Å². The van der Waals surface area contributed by atoms with E-state index >= 15 is 0 Å². The van der Waals surface area contributed by atoms with E-state index in [0.29, 0.717) is 35.0 Å². The fraction of sp³-hybridized carbons (Fsp3) is 0.923. The molecule has 0 spiro atoms. The highest BCUT2D eigenvalue weighted by Gasteiger charge is 2.60. The molecule has 0 aromatic rings. The quantitative estimate of drug-likeness (QED) is 0.550. The molecule has 30 heavy (non-hydrogen) atoms. The van der Waals surface area contributed by atoms with Crippen molar-refractivity contribution in [3.05, 3.63) is 0 Å². The first-order valence-electron chi connectivity index (χ1n) is 12.5. The number of hydrogen-bond acceptors (Lipinski definition) is 3. The molecule has 0 unspecified atom stereocenters. The highest BCUT2D eigenvalue weighted by molar-refractivity contribution is 5.66. The van der Waals surface area contributed by atoms with E-state index in [1.54, 1.807) is 6.92 Å². The summed E-state index contributed by atoms with van der Waals surface area (Å²) in [6, 6.07) is 0. The van der Waals surface area contributed by atoms with Crippen molar-refractivity contribution in [3.8, 4) is 0 Å². The molecule has 4 aliphatic carbocycles. The van der Waals surface area contributed by atoms with Gasteiger partial charge in [-0.1, -0.05) is 20.8 Å². The first kappa shape index (κ1) is 22.1. The van der Waals surface area contributed by atoms with Crippen molar-refractivity contribution in [3.63, 3.8) is 0 Å². The first-order chi connectivity index (χ1) is 14.1. The third-order valence-electron chi connectivity index (χ3n) is 10.5. The van der Waals surface area contributed by atoms with Gasteiger partial charge in [-0.15, -0.1) is 0 Å². The number of carboxylic acid groups (broad SMARTS) is 1. The van der Waals surface area contributed by atoms with Crippen molar-refractivity contribution >= 4 is 11.9 Å². The summed E-state index contributed by atoms with van der Waals surface area (Å²) < 4.78 is 5.61. The molecule has 0 aromatic heterocycles. The lowest BCUT2D eigenvalue weighted by Gasteiger charge is -2.61. The molecule has 0 aliphatic heterocycles. The van der Waals surface area contributed by atoms with Gasteiger partial charge in [-0.25, -0.2) is 0 Å². The smallest absolute Gasteiger partial charge is 0.303 e. The minimum absolute atomic E-state index is 0.125. The van der Waals surface area contributed by atoms with Gasteiger partial charge in [0.2, 0.25) is 0 Å². The van der Waals surface area contributed by atoms with Gasteiger partial charge in [0.1, 0.15) is 6.10 Å². The fourth-order valence-corrected chi connectivity index (χ4v) is 9.09. The van der Waals surface area contributed by atoms with E-state index in [2.05, 4.69) is 20.8 Å². The van der Waals surface area contributed by atoms with Crippen LogP contribution in [0.5, 0.6) is 0 Å². The fourth-order valence-electron chi connectivity index (χ4n) is 9.09. The number of esters is 1. The van der Waals surface area contributed by atoms with Crippen LogP contribution >= 0.6 is 0 Å². The molecule has 0 saturated heterocycles. The maximum Gasteiger partial charge on any atom is 0.303 e. The Balaban J connectivity index is 1.47. The van der Waals surface area contributed by atoms with Crippen LogP contribution in [0.4, 0.5) is 0 Å². The van der Waals surface area contributed by atoms with Crippen molar-refractivity contribution in [2.45, 2.75) is 104 Å². The standard InChI is InChI=1S/C26H42O4/c1-16(5-10-24(28)29)21-8-9-22-20-7-6-18-15-19(30-17(2)27)11-13-25(18,3)23(20)12-14-26(21,22)4/h16,18-23H,5-15H2,1-4H3,(H,28,29)/t16-,18+,19+,20-,21+,22-,23-,25+,26-/m1/s1. The lowest BCUT2D eigenvalue weighted by molar-refractivity contribution is -0.160. The Morgan fingerprint density at radius 3 is 2.40 bits per heavy atom. The predicted molar refractivity (Wildman–Crippen MR) is 117 cm³/mol. The Morgan fingerprint density at radius 1 is 1.00 bits per heavy atom. The molecule has 0 aromatic carbocycles. The van der Waals surface area contributed by atoms with E-state index in [-0.39, 0.29) is 12.1 Å². The number of aliphatic carboxylic acids is 1. The third-order valence-corrected chi connectivity index (χ3v) is 10.5. The number of carboxylic acids is 1. The van der Waals surface area contributed by atoms with Crippen LogP contribution < -0.4 is 0 Å². The number of rotatable bonds is 5. The summed E-state index contributed by atoms with van der Waals surface area (Å²) in [5, 5.41) is 9.13. The molecule has 1 N–H and O–H groups in total. The van der Waals surface area contributed by atoms with E-state index in [0.717, 1.165) is 37.0 Å². The van der Waals surface area contributed by atoms with Gasteiger partial charge in [-0.2, -0.15) is 0 Å². The Bertz CT molecular complexity index is 674. The third kappa shape index (κ3) is 3.71. The van der Waals surface area contributed by atoms with Gasteiger partial charge >= 0.3 is 11.9 Å². The van der Waals surface area contributed by atoms with Crippen LogP contribution in [0.15, 0.2) is 0 Å². The first-order valence-corrected chi connectivity index (χ1v) is 12.5. The van der Waals surface area contributed by atoms with Gasteiger partial charge in [0.15, 0.2) is 0 Å². The molecule has 4 saturated carbocycles. The van der Waals surface area contributed by atoms with Crippen molar-refractivity contribution < 1.29 is 19.4 Å². The Kier molecular flexibility index (Phi) is 6.00. The maximum absolute atomic E-state index is 11.5. The number of carbonyl (C=O) groups excluding carboxylic acids is 1. The van der Waals surface area contributed by atoms with Crippen LogP contribution in [-0.2, 0) is 14.3 Å². The molecule has 4 rings (SSSR count). The average molecular weight is 419 g/mol. The minimum atomic E-state index is -0.652. The zero-order valence-corrected chi connectivity index (χ0v) is 19.5. The summed E-state index contributed by atoms with van der Waals surface area (Å²) in [4.78, 5) is 22.5. The average Bonchev–Trinajstić information content (AvgIpc) is 3.03. The predicted octanol–water partition coefficient (Wildman–Crippen LogP) is 6.08. The van der Waals surface area contributed by atoms with Crippen LogP contribution in [0.1, 0.15) is 98.3 Å². The zero-order valence-electron chi connectivity index (χ0n) is 19.5. The van der Waals surface area contributed by atoms with E-state index in [9.17, 15) is 9.59 Å². The van der Waals surface area contributed by atoms with Crippen LogP contribution in [0.2, 0.25) is 0 Å². The van der Waals surface area contributed by atoms with Crippen LogP contribution in [0.25, 0.3) is 0 Å². The van der Waals surface area contributed by atoms with Crippen LogP contribution in [0, 0.1) is 46.3 Å². The number of fused-ring (bicyclic) bond motifs is 5. The molecule has 9 atom stereocenters. The molecule has 170 valence electrons. The van der Waals surface area contributed by atoms with Gasteiger partial charge in [0.25, 0.3) is 0 Å². The summed E-state index contributed by atoms with van der Waals surface area (Å²) in [5.74, 6) is 3.60. The summed E-state index contributed by atoms with van der Waals surface area (Å²) in [6.45, 7) is 8.96. The highest BCUT2D eigenvalue weighted by atomic mass is 16.5. The second-order valence-electron chi connectivity index (χ2n) is 11.8. The van der Waals surface area contributed by atoms with Crippen LogP contribution in [0.3, 0.4) is 0 Å². The van der Waals surface area contributed by atoms with Gasteiger partial charge in [0, 0.05) is 13.3 Å². The summed E-state index contributed by atoms with van der Waals surface area (Å²) in [5.41, 5.74) is 0.811. The molecular formula is C26H42O4. The van der Waals surface area contributed by atoms with Gasteiger partial charge in [-0.3, -0.25) is 9.59 Å².